The van der Waals surface area contributed by atoms with Gasteiger partial charge in [-0.1, -0.05) is 0 Å². The van der Waals surface area contributed by atoms with Crippen LogP contribution in [0.25, 0.3) is 0 Å². The molecule has 2 fully saturated rings. The summed E-state index contributed by atoms with van der Waals surface area (Å²) in [6.45, 7) is 10.4. The lowest BCUT2D eigenvalue weighted by Gasteiger charge is -2.26. The highest BCUT2D eigenvalue weighted by atomic mass is 16.7. The van der Waals surface area contributed by atoms with Crippen molar-refractivity contribution in [3.63, 3.8) is 0 Å². The van der Waals surface area contributed by atoms with Crippen molar-refractivity contribution in [2.75, 3.05) is 65.7 Å². The summed E-state index contributed by atoms with van der Waals surface area (Å²) in [7, 11) is 0. The van der Waals surface area contributed by atoms with Gasteiger partial charge in [0.15, 0.2) is 11.7 Å². The van der Waals surface area contributed by atoms with E-state index in [1.165, 1.54) is 0 Å². The summed E-state index contributed by atoms with van der Waals surface area (Å²) in [6.07, 6.45) is 4.34. The highest BCUT2D eigenvalue weighted by molar-refractivity contribution is 5.79. The van der Waals surface area contributed by atoms with E-state index in [1.54, 1.807) is 6.26 Å². The Kier molecular flexibility index (Phi) is 8.60. The van der Waals surface area contributed by atoms with E-state index in [0.717, 1.165) is 83.5 Å². The van der Waals surface area contributed by atoms with Crippen LogP contribution in [0.1, 0.15) is 25.5 Å². The quantitative estimate of drug-likeness (QED) is 0.351. The highest BCUT2D eigenvalue weighted by Gasteiger charge is 2.30. The van der Waals surface area contributed by atoms with Crippen molar-refractivity contribution in [3.05, 3.63) is 24.2 Å². The van der Waals surface area contributed by atoms with Gasteiger partial charge in [-0.3, -0.25) is 9.89 Å². The zero-order valence-electron chi connectivity index (χ0n) is 17.0. The minimum Gasteiger partial charge on any atom is -0.469 e. The number of aliphatic imine (C=N–C) groups is 1. The van der Waals surface area contributed by atoms with Gasteiger partial charge in [0.2, 0.25) is 0 Å². The van der Waals surface area contributed by atoms with Crippen molar-refractivity contribution in [1.82, 2.24) is 15.5 Å². The van der Waals surface area contributed by atoms with E-state index >= 15 is 0 Å². The minimum absolute atomic E-state index is 0.484. The molecule has 0 radical (unpaired) electrons. The van der Waals surface area contributed by atoms with Gasteiger partial charge < -0.3 is 29.3 Å². The molecule has 8 heteroatoms. The summed E-state index contributed by atoms with van der Waals surface area (Å²) in [5, 5.41) is 6.80. The summed E-state index contributed by atoms with van der Waals surface area (Å²) in [6, 6.07) is 3.90. The lowest BCUT2D eigenvalue weighted by Crippen LogP contribution is -2.41. The standard InChI is InChI=1S/C20H34N4O4/c1-20(27-16-17-28-20)6-9-23-19(22-8-5-18-4-2-13-26-18)21-7-3-10-24-11-14-25-15-12-24/h2,4,13H,3,5-12,14-17H2,1H3,(H2,21,22,23). The van der Waals surface area contributed by atoms with Gasteiger partial charge in [-0.2, -0.15) is 0 Å². The topological polar surface area (TPSA) is 80.5 Å². The first-order chi connectivity index (χ1) is 13.7. The maximum absolute atomic E-state index is 5.67. The number of ether oxygens (including phenoxy) is 3. The maximum Gasteiger partial charge on any atom is 0.191 e. The molecule has 1 aromatic rings. The smallest absolute Gasteiger partial charge is 0.191 e. The fourth-order valence-electron chi connectivity index (χ4n) is 3.35. The largest absolute Gasteiger partial charge is 0.469 e. The molecule has 0 spiro atoms. The molecule has 0 saturated carbocycles. The molecule has 2 aliphatic rings. The average Bonchev–Trinajstić information content (AvgIpc) is 3.38. The first-order valence-electron chi connectivity index (χ1n) is 10.4. The number of hydrogen-bond donors (Lipinski definition) is 2. The van der Waals surface area contributed by atoms with Crippen LogP contribution in [0.3, 0.4) is 0 Å². The molecule has 3 rings (SSSR count). The minimum atomic E-state index is -0.484. The summed E-state index contributed by atoms with van der Waals surface area (Å²) in [5.41, 5.74) is 0. The second-order valence-electron chi connectivity index (χ2n) is 7.30. The van der Waals surface area contributed by atoms with Crippen molar-refractivity contribution in [2.24, 2.45) is 4.99 Å². The number of nitrogens with zero attached hydrogens (tertiary/aromatic N) is 2. The molecule has 28 heavy (non-hydrogen) atoms. The summed E-state index contributed by atoms with van der Waals surface area (Å²) < 4.78 is 22.1. The van der Waals surface area contributed by atoms with Crippen LogP contribution in [0.5, 0.6) is 0 Å². The molecular weight excluding hydrogens is 360 g/mol. The van der Waals surface area contributed by atoms with Crippen LogP contribution in [0.15, 0.2) is 27.8 Å². The van der Waals surface area contributed by atoms with Crippen LogP contribution in [0.2, 0.25) is 0 Å². The van der Waals surface area contributed by atoms with Gasteiger partial charge in [0.05, 0.1) is 32.7 Å². The molecule has 2 aliphatic heterocycles. The maximum atomic E-state index is 5.67. The van der Waals surface area contributed by atoms with Crippen LogP contribution < -0.4 is 10.6 Å². The SMILES string of the molecule is CC1(CCNC(=NCCCN2CCOCC2)NCCc2ccco2)OCCO1. The third-order valence-electron chi connectivity index (χ3n) is 5.02. The number of hydrogen-bond acceptors (Lipinski definition) is 6. The molecule has 8 nitrogen and oxygen atoms in total. The van der Waals surface area contributed by atoms with E-state index in [0.29, 0.717) is 13.2 Å². The molecule has 1 aromatic heterocycles. The predicted molar refractivity (Wildman–Crippen MR) is 108 cm³/mol. The summed E-state index contributed by atoms with van der Waals surface area (Å²) in [4.78, 5) is 7.17. The number of furan rings is 1. The zero-order chi connectivity index (χ0) is 19.5. The first kappa shape index (κ1) is 21.1. The lowest BCUT2D eigenvalue weighted by molar-refractivity contribution is -0.145. The average molecular weight is 395 g/mol. The Morgan fingerprint density at radius 1 is 1.14 bits per heavy atom. The molecule has 0 aromatic carbocycles. The second kappa shape index (κ2) is 11.4. The van der Waals surface area contributed by atoms with Crippen LogP contribution in [-0.2, 0) is 20.6 Å². The zero-order valence-corrected chi connectivity index (χ0v) is 17.0. The Bertz CT molecular complexity index is 567. The Morgan fingerprint density at radius 2 is 1.93 bits per heavy atom. The third kappa shape index (κ3) is 7.43. The number of rotatable bonds is 10. The van der Waals surface area contributed by atoms with Gasteiger partial charge in [-0.25, -0.2) is 0 Å². The van der Waals surface area contributed by atoms with Crippen LogP contribution >= 0.6 is 0 Å². The Morgan fingerprint density at radius 3 is 2.68 bits per heavy atom. The third-order valence-corrected chi connectivity index (χ3v) is 5.02. The van der Waals surface area contributed by atoms with Crippen LogP contribution in [-0.4, -0.2) is 82.3 Å². The van der Waals surface area contributed by atoms with Crippen molar-refractivity contribution >= 4 is 5.96 Å². The number of morpholine rings is 1. The van der Waals surface area contributed by atoms with Crippen molar-refractivity contribution in [1.29, 1.82) is 0 Å². The Balaban J connectivity index is 1.40. The van der Waals surface area contributed by atoms with Gasteiger partial charge in [-0.05, 0) is 25.5 Å². The van der Waals surface area contributed by atoms with Crippen molar-refractivity contribution in [3.8, 4) is 0 Å². The fraction of sp³-hybridized carbons (Fsp3) is 0.750. The molecule has 2 saturated heterocycles. The van der Waals surface area contributed by atoms with E-state index in [1.807, 2.05) is 19.1 Å². The molecule has 0 unspecified atom stereocenters. The number of guanidine groups is 1. The van der Waals surface area contributed by atoms with E-state index in [9.17, 15) is 0 Å². The fourth-order valence-corrected chi connectivity index (χ4v) is 3.35. The van der Waals surface area contributed by atoms with Gasteiger partial charge in [0, 0.05) is 52.1 Å². The molecule has 0 amide bonds. The van der Waals surface area contributed by atoms with Crippen LogP contribution in [0, 0.1) is 0 Å². The molecule has 0 bridgehead atoms. The van der Waals surface area contributed by atoms with Gasteiger partial charge in [0.1, 0.15) is 5.76 Å². The van der Waals surface area contributed by atoms with E-state index in [4.69, 9.17) is 23.6 Å². The van der Waals surface area contributed by atoms with Gasteiger partial charge in [-0.15, -0.1) is 0 Å². The van der Waals surface area contributed by atoms with E-state index in [2.05, 4.69) is 15.5 Å². The summed E-state index contributed by atoms with van der Waals surface area (Å²) >= 11 is 0. The normalized spacial score (nSPS) is 20.4. The molecule has 0 aliphatic carbocycles. The van der Waals surface area contributed by atoms with Crippen LogP contribution in [0.4, 0.5) is 0 Å². The Labute approximate surface area is 167 Å². The molecule has 0 atom stereocenters. The monoisotopic (exact) mass is 394 g/mol. The molecule has 3 heterocycles. The lowest BCUT2D eigenvalue weighted by atomic mass is 10.2. The van der Waals surface area contributed by atoms with E-state index in [-0.39, 0.29) is 0 Å². The summed E-state index contributed by atoms with van der Waals surface area (Å²) in [5.74, 6) is 1.32. The first-order valence-corrected chi connectivity index (χ1v) is 10.4. The van der Waals surface area contributed by atoms with Crippen molar-refractivity contribution < 1.29 is 18.6 Å². The van der Waals surface area contributed by atoms with Gasteiger partial charge >= 0.3 is 0 Å². The highest BCUT2D eigenvalue weighted by Crippen LogP contribution is 2.21. The molecule has 158 valence electrons. The second-order valence-corrected chi connectivity index (χ2v) is 7.30. The van der Waals surface area contributed by atoms with Gasteiger partial charge in [0.25, 0.3) is 0 Å². The molecule has 2 N–H and O–H groups in total. The molecular formula is C20H34N4O4. The predicted octanol–water partition coefficient (Wildman–Crippen LogP) is 1.23. The number of nitrogens with one attached hydrogen (secondary N) is 2. The van der Waals surface area contributed by atoms with Crippen molar-refractivity contribution in [2.45, 2.75) is 32.0 Å². The van der Waals surface area contributed by atoms with E-state index < -0.39 is 5.79 Å². The Hall–Kier alpha value is -1.61.